The number of hydrazone groups is 1. The molecule has 0 aromatic heterocycles. The van der Waals surface area contributed by atoms with E-state index in [0.717, 1.165) is 5.69 Å². The number of rotatable bonds is 4. The lowest BCUT2D eigenvalue weighted by Crippen LogP contribution is -2.10. The highest BCUT2D eigenvalue weighted by molar-refractivity contribution is 6.34. The van der Waals surface area contributed by atoms with E-state index < -0.39 is 5.97 Å². The van der Waals surface area contributed by atoms with E-state index in [1.807, 2.05) is 24.3 Å². The highest BCUT2D eigenvalue weighted by Gasteiger charge is 2.02. The van der Waals surface area contributed by atoms with Crippen molar-refractivity contribution >= 4 is 17.4 Å². The molecule has 0 atom stereocenters. The lowest BCUT2D eigenvalue weighted by atomic mass is 10.0. The molecule has 1 aromatic rings. The highest BCUT2D eigenvalue weighted by atomic mass is 16.4. The van der Waals surface area contributed by atoms with Gasteiger partial charge in [0.15, 0.2) is 0 Å². The number of nitrogens with one attached hydrogen (secondary N) is 1. The van der Waals surface area contributed by atoms with E-state index in [2.05, 4.69) is 24.4 Å². The van der Waals surface area contributed by atoms with Crippen LogP contribution in [0.3, 0.4) is 0 Å². The van der Waals surface area contributed by atoms with Crippen LogP contribution in [0.15, 0.2) is 29.4 Å². The van der Waals surface area contributed by atoms with Gasteiger partial charge in [-0.25, -0.2) is 4.79 Å². The van der Waals surface area contributed by atoms with Crippen LogP contribution in [0.5, 0.6) is 0 Å². The number of hydrogen-bond donors (Lipinski definition) is 2. The summed E-state index contributed by atoms with van der Waals surface area (Å²) in [5, 5.41) is 12.4. The van der Waals surface area contributed by atoms with Crippen molar-refractivity contribution in [2.45, 2.75) is 26.7 Å². The summed E-state index contributed by atoms with van der Waals surface area (Å²) < 4.78 is 0. The number of anilines is 1. The monoisotopic (exact) mass is 220 g/mol. The zero-order chi connectivity index (χ0) is 12.1. The van der Waals surface area contributed by atoms with Gasteiger partial charge in [-0.3, -0.25) is 5.43 Å². The van der Waals surface area contributed by atoms with Crippen molar-refractivity contribution in [1.82, 2.24) is 0 Å². The molecule has 0 fully saturated rings. The predicted molar refractivity (Wildman–Crippen MR) is 64.9 cm³/mol. The Labute approximate surface area is 95.0 Å². The van der Waals surface area contributed by atoms with E-state index in [1.165, 1.54) is 12.5 Å². The maximum absolute atomic E-state index is 10.5. The number of hydrogen-bond acceptors (Lipinski definition) is 3. The summed E-state index contributed by atoms with van der Waals surface area (Å²) in [6, 6.07) is 7.76. The molecule has 2 N–H and O–H groups in total. The van der Waals surface area contributed by atoms with Crippen molar-refractivity contribution in [2.24, 2.45) is 5.10 Å². The molecule has 0 aliphatic heterocycles. The van der Waals surface area contributed by atoms with Gasteiger partial charge < -0.3 is 5.11 Å². The second-order valence-corrected chi connectivity index (χ2v) is 3.89. The number of carboxylic acids is 1. The maximum atomic E-state index is 10.5. The van der Waals surface area contributed by atoms with Gasteiger partial charge in [-0.15, -0.1) is 0 Å². The third-order valence-corrected chi connectivity index (χ3v) is 2.22. The largest absolute Gasteiger partial charge is 0.477 e. The van der Waals surface area contributed by atoms with Crippen molar-refractivity contribution in [3.8, 4) is 0 Å². The first kappa shape index (κ1) is 12.2. The summed E-state index contributed by atoms with van der Waals surface area (Å²) in [6.07, 6.45) is 0. The lowest BCUT2D eigenvalue weighted by molar-refractivity contribution is -0.129. The third kappa shape index (κ3) is 3.38. The summed E-state index contributed by atoms with van der Waals surface area (Å²) in [4.78, 5) is 10.5. The van der Waals surface area contributed by atoms with E-state index in [4.69, 9.17) is 5.11 Å². The number of aliphatic carboxylic acids is 1. The molecule has 16 heavy (non-hydrogen) atoms. The Hall–Kier alpha value is -1.84. The van der Waals surface area contributed by atoms with Crippen molar-refractivity contribution in [1.29, 1.82) is 0 Å². The number of carbonyl (C=O) groups is 1. The van der Waals surface area contributed by atoms with Crippen molar-refractivity contribution in [3.63, 3.8) is 0 Å². The van der Waals surface area contributed by atoms with Crippen LogP contribution in [-0.2, 0) is 4.79 Å². The van der Waals surface area contributed by atoms with Gasteiger partial charge in [0.25, 0.3) is 0 Å². The van der Waals surface area contributed by atoms with Crippen LogP contribution in [0.2, 0.25) is 0 Å². The molecule has 4 heteroatoms. The van der Waals surface area contributed by atoms with E-state index in [9.17, 15) is 4.79 Å². The lowest BCUT2D eigenvalue weighted by Gasteiger charge is -2.07. The molecule has 1 aromatic carbocycles. The first-order valence-corrected chi connectivity index (χ1v) is 5.14. The highest BCUT2D eigenvalue weighted by Crippen LogP contribution is 2.18. The molecular weight excluding hydrogens is 204 g/mol. The van der Waals surface area contributed by atoms with Crippen LogP contribution < -0.4 is 5.43 Å². The first-order chi connectivity index (χ1) is 7.50. The fourth-order valence-corrected chi connectivity index (χ4v) is 1.16. The van der Waals surface area contributed by atoms with Crippen LogP contribution in [0.4, 0.5) is 5.69 Å². The minimum atomic E-state index is -1.02. The van der Waals surface area contributed by atoms with Gasteiger partial charge in [0.05, 0.1) is 5.69 Å². The number of nitrogens with zero attached hydrogens (tertiary/aromatic N) is 1. The van der Waals surface area contributed by atoms with E-state index in [1.54, 1.807) is 0 Å². The quantitative estimate of drug-likeness (QED) is 0.605. The second-order valence-electron chi connectivity index (χ2n) is 3.89. The Morgan fingerprint density at radius 1 is 1.44 bits per heavy atom. The first-order valence-electron chi connectivity index (χ1n) is 5.14. The average Bonchev–Trinajstić information content (AvgIpc) is 2.26. The maximum Gasteiger partial charge on any atom is 0.351 e. The number of carboxylic acid groups (broad SMARTS) is 1. The summed E-state index contributed by atoms with van der Waals surface area (Å²) in [6.45, 7) is 5.65. The van der Waals surface area contributed by atoms with Crippen molar-refractivity contribution in [3.05, 3.63) is 29.8 Å². The van der Waals surface area contributed by atoms with Gasteiger partial charge in [-0.2, -0.15) is 5.10 Å². The molecule has 4 nitrogen and oxygen atoms in total. The molecule has 0 heterocycles. The van der Waals surface area contributed by atoms with Gasteiger partial charge >= 0.3 is 5.97 Å². The SMILES string of the molecule is CC(=NNc1cccc(C(C)C)c1)C(=O)O. The van der Waals surface area contributed by atoms with Gasteiger partial charge in [-0.05, 0) is 30.5 Å². The molecule has 0 saturated carbocycles. The Morgan fingerprint density at radius 2 is 2.12 bits per heavy atom. The Bertz CT molecular complexity index is 411. The standard InChI is InChI=1S/C12H16N2O2/c1-8(2)10-5-4-6-11(7-10)14-13-9(3)12(15)16/h4-8,14H,1-3H3,(H,15,16). The van der Waals surface area contributed by atoms with Crippen molar-refractivity contribution in [2.75, 3.05) is 5.43 Å². The normalized spacial score (nSPS) is 11.6. The molecular formula is C12H16N2O2. The van der Waals surface area contributed by atoms with Crippen LogP contribution in [0.1, 0.15) is 32.3 Å². The minimum absolute atomic E-state index is 0.0370. The number of benzene rings is 1. The molecule has 0 aliphatic carbocycles. The van der Waals surface area contributed by atoms with Gasteiger partial charge in [0, 0.05) is 0 Å². The van der Waals surface area contributed by atoms with Crippen LogP contribution in [-0.4, -0.2) is 16.8 Å². The minimum Gasteiger partial charge on any atom is -0.477 e. The summed E-state index contributed by atoms with van der Waals surface area (Å²) >= 11 is 0. The molecule has 0 amide bonds. The Kier molecular flexibility index (Phi) is 4.05. The molecule has 0 unspecified atom stereocenters. The molecule has 0 spiro atoms. The van der Waals surface area contributed by atoms with Crippen LogP contribution in [0, 0.1) is 0 Å². The Balaban J connectivity index is 2.79. The molecule has 0 radical (unpaired) electrons. The zero-order valence-electron chi connectivity index (χ0n) is 9.69. The average molecular weight is 220 g/mol. The smallest absolute Gasteiger partial charge is 0.351 e. The topological polar surface area (TPSA) is 61.7 Å². The van der Waals surface area contributed by atoms with E-state index in [-0.39, 0.29) is 5.71 Å². The third-order valence-electron chi connectivity index (χ3n) is 2.22. The summed E-state index contributed by atoms with van der Waals surface area (Å²) in [5.74, 6) is -0.584. The van der Waals surface area contributed by atoms with E-state index >= 15 is 0 Å². The van der Waals surface area contributed by atoms with Crippen LogP contribution in [0.25, 0.3) is 0 Å². The molecule has 0 saturated heterocycles. The second kappa shape index (κ2) is 5.30. The van der Waals surface area contributed by atoms with E-state index in [0.29, 0.717) is 5.92 Å². The van der Waals surface area contributed by atoms with Gasteiger partial charge in [0.1, 0.15) is 5.71 Å². The zero-order valence-corrected chi connectivity index (χ0v) is 9.69. The summed E-state index contributed by atoms with van der Waals surface area (Å²) in [7, 11) is 0. The predicted octanol–water partition coefficient (Wildman–Crippen LogP) is 2.68. The van der Waals surface area contributed by atoms with Crippen LogP contribution >= 0.6 is 0 Å². The fourth-order valence-electron chi connectivity index (χ4n) is 1.16. The van der Waals surface area contributed by atoms with Gasteiger partial charge in [-0.1, -0.05) is 26.0 Å². The Morgan fingerprint density at radius 3 is 2.69 bits per heavy atom. The van der Waals surface area contributed by atoms with Gasteiger partial charge in [0.2, 0.25) is 0 Å². The fraction of sp³-hybridized carbons (Fsp3) is 0.333. The summed E-state index contributed by atoms with van der Waals surface area (Å²) in [5.41, 5.74) is 4.75. The molecule has 86 valence electrons. The molecule has 1 rings (SSSR count). The molecule has 0 bridgehead atoms. The van der Waals surface area contributed by atoms with Crippen molar-refractivity contribution < 1.29 is 9.90 Å². The molecule has 0 aliphatic rings.